The van der Waals surface area contributed by atoms with E-state index in [0.717, 1.165) is 12.2 Å². The molecule has 0 radical (unpaired) electrons. The summed E-state index contributed by atoms with van der Waals surface area (Å²) in [6.07, 6.45) is 2.35. The predicted molar refractivity (Wildman–Crippen MR) is 91.8 cm³/mol. The fourth-order valence-corrected chi connectivity index (χ4v) is 5.49. The molecule has 0 bridgehead atoms. The topological polar surface area (TPSA) is 54.5 Å². The quantitative estimate of drug-likeness (QED) is 0.826. The fourth-order valence-electron chi connectivity index (χ4n) is 2.65. The van der Waals surface area contributed by atoms with Crippen molar-refractivity contribution < 1.29 is 13.2 Å². The summed E-state index contributed by atoms with van der Waals surface area (Å²) in [5.74, 6) is 1.55. The zero-order valence-electron chi connectivity index (χ0n) is 13.1. The molecule has 1 amide bonds. The van der Waals surface area contributed by atoms with Crippen LogP contribution in [0.15, 0.2) is 30.3 Å². The summed E-state index contributed by atoms with van der Waals surface area (Å²) in [7, 11) is -3.23. The molecule has 22 heavy (non-hydrogen) atoms. The number of amides is 1. The second kappa shape index (κ2) is 7.51. The maximum atomic E-state index is 12.4. The van der Waals surface area contributed by atoms with Gasteiger partial charge in [0.1, 0.15) is 5.37 Å². The number of benzene rings is 1. The average Bonchev–Trinajstić information content (AvgIpc) is 2.52. The van der Waals surface area contributed by atoms with E-state index in [0.29, 0.717) is 24.6 Å². The van der Waals surface area contributed by atoms with Crippen LogP contribution in [0.5, 0.6) is 0 Å². The first-order valence-electron chi connectivity index (χ1n) is 7.50. The molecule has 1 aliphatic rings. The molecule has 4 nitrogen and oxygen atoms in total. The van der Waals surface area contributed by atoms with Crippen LogP contribution in [0, 0.1) is 0 Å². The van der Waals surface area contributed by atoms with Crippen molar-refractivity contribution in [2.24, 2.45) is 0 Å². The molecule has 2 rings (SSSR count). The van der Waals surface area contributed by atoms with E-state index < -0.39 is 15.2 Å². The monoisotopic (exact) mass is 341 g/mol. The Kier molecular flexibility index (Phi) is 5.92. The Balaban J connectivity index is 1.96. The van der Waals surface area contributed by atoms with Crippen LogP contribution in [0.1, 0.15) is 31.2 Å². The van der Waals surface area contributed by atoms with Crippen LogP contribution in [0.4, 0.5) is 0 Å². The van der Waals surface area contributed by atoms with Crippen molar-refractivity contribution in [2.75, 3.05) is 24.3 Å². The van der Waals surface area contributed by atoms with E-state index in [1.165, 1.54) is 11.8 Å². The number of nitrogens with zero attached hydrogens (tertiary/aromatic N) is 1. The van der Waals surface area contributed by atoms with Crippen LogP contribution in [-0.2, 0) is 14.6 Å². The van der Waals surface area contributed by atoms with Crippen molar-refractivity contribution in [3.63, 3.8) is 0 Å². The molecule has 0 spiro atoms. The van der Waals surface area contributed by atoms with Gasteiger partial charge in [0.05, 0.1) is 0 Å². The lowest BCUT2D eigenvalue weighted by Crippen LogP contribution is -2.49. The van der Waals surface area contributed by atoms with Gasteiger partial charge in [0, 0.05) is 30.7 Å². The predicted octanol–water partition coefficient (Wildman–Crippen LogP) is 2.52. The Labute approximate surface area is 137 Å². The Hall–Kier alpha value is -1.01. The minimum absolute atomic E-state index is 0.0430. The Bertz CT molecular complexity index is 601. The summed E-state index contributed by atoms with van der Waals surface area (Å²) in [6, 6.07) is 10.1. The van der Waals surface area contributed by atoms with Crippen LogP contribution in [-0.4, -0.2) is 48.9 Å². The molecule has 2 unspecified atom stereocenters. The van der Waals surface area contributed by atoms with Gasteiger partial charge in [-0.1, -0.05) is 37.3 Å². The van der Waals surface area contributed by atoms with E-state index in [1.807, 2.05) is 18.2 Å². The van der Waals surface area contributed by atoms with Crippen LogP contribution < -0.4 is 0 Å². The third-order valence-corrected chi connectivity index (χ3v) is 6.70. The van der Waals surface area contributed by atoms with Gasteiger partial charge in [-0.05, 0) is 17.9 Å². The smallest absolute Gasteiger partial charge is 0.223 e. The third kappa shape index (κ3) is 4.49. The molecule has 1 fully saturated rings. The molecule has 1 saturated heterocycles. The highest BCUT2D eigenvalue weighted by molar-refractivity contribution is 8.00. The van der Waals surface area contributed by atoms with E-state index in [-0.39, 0.29) is 5.91 Å². The number of sulfone groups is 1. The van der Waals surface area contributed by atoms with Gasteiger partial charge in [-0.3, -0.25) is 4.79 Å². The van der Waals surface area contributed by atoms with Gasteiger partial charge in [0.15, 0.2) is 9.84 Å². The molecule has 0 saturated carbocycles. The molecule has 6 heteroatoms. The van der Waals surface area contributed by atoms with Crippen LogP contribution >= 0.6 is 11.8 Å². The second-order valence-electron chi connectivity index (χ2n) is 5.80. The van der Waals surface area contributed by atoms with Gasteiger partial charge in [-0.15, -0.1) is 0 Å². The number of carbonyl (C=O) groups excluding carboxylic acids is 1. The second-order valence-corrected chi connectivity index (χ2v) is 9.15. The molecular weight excluding hydrogens is 318 g/mol. The first kappa shape index (κ1) is 17.3. The van der Waals surface area contributed by atoms with Crippen LogP contribution in [0.3, 0.4) is 0 Å². The molecule has 2 atom stereocenters. The van der Waals surface area contributed by atoms with Crippen LogP contribution in [0.25, 0.3) is 0 Å². The maximum Gasteiger partial charge on any atom is 0.223 e. The zero-order chi connectivity index (χ0) is 16.2. The summed E-state index contributed by atoms with van der Waals surface area (Å²) in [4.78, 5) is 14.0. The van der Waals surface area contributed by atoms with Crippen molar-refractivity contribution in [3.05, 3.63) is 35.9 Å². The SMILES string of the molecule is CC(CCC(=O)N1CCSCC1S(C)(=O)=O)c1ccccc1. The minimum atomic E-state index is -3.23. The van der Waals surface area contributed by atoms with Crippen molar-refractivity contribution in [3.8, 4) is 0 Å². The van der Waals surface area contributed by atoms with Gasteiger partial charge in [0.2, 0.25) is 5.91 Å². The number of hydrogen-bond acceptors (Lipinski definition) is 4. The summed E-state index contributed by atoms with van der Waals surface area (Å²) in [5, 5.41) is -0.661. The standard InChI is InChI=1S/C16H23NO3S2/c1-13(14-6-4-3-5-7-14)8-9-15(18)17-10-11-21-12-16(17)22(2,19)20/h3-7,13,16H,8-12H2,1-2H3. The average molecular weight is 341 g/mol. The van der Waals surface area contributed by atoms with Crippen molar-refractivity contribution in [1.29, 1.82) is 0 Å². The highest BCUT2D eigenvalue weighted by atomic mass is 32.2. The van der Waals surface area contributed by atoms with Gasteiger partial charge in [-0.25, -0.2) is 8.42 Å². The molecule has 0 aliphatic carbocycles. The molecule has 1 aromatic rings. The first-order chi connectivity index (χ1) is 10.4. The maximum absolute atomic E-state index is 12.4. The molecule has 0 N–H and O–H groups in total. The molecule has 1 heterocycles. The number of thioether (sulfide) groups is 1. The Morgan fingerprint density at radius 3 is 2.68 bits per heavy atom. The largest absolute Gasteiger partial charge is 0.324 e. The molecule has 0 aromatic heterocycles. The fraction of sp³-hybridized carbons (Fsp3) is 0.562. The highest BCUT2D eigenvalue weighted by Crippen LogP contribution is 2.24. The number of hydrogen-bond donors (Lipinski definition) is 0. The zero-order valence-corrected chi connectivity index (χ0v) is 14.7. The third-order valence-electron chi connectivity index (χ3n) is 4.06. The minimum Gasteiger partial charge on any atom is -0.324 e. The van der Waals surface area contributed by atoms with Crippen LogP contribution in [0.2, 0.25) is 0 Å². The van der Waals surface area contributed by atoms with Gasteiger partial charge in [-0.2, -0.15) is 11.8 Å². The molecular formula is C16H23NO3S2. The normalized spacial score (nSPS) is 20.6. The van der Waals surface area contributed by atoms with Gasteiger partial charge in [0.25, 0.3) is 0 Å². The highest BCUT2D eigenvalue weighted by Gasteiger charge is 2.33. The van der Waals surface area contributed by atoms with Gasteiger partial charge >= 0.3 is 0 Å². The summed E-state index contributed by atoms with van der Waals surface area (Å²) in [5.41, 5.74) is 1.21. The molecule has 122 valence electrons. The molecule has 1 aliphatic heterocycles. The van der Waals surface area contributed by atoms with Gasteiger partial charge < -0.3 is 4.90 Å². The van der Waals surface area contributed by atoms with Crippen molar-refractivity contribution in [1.82, 2.24) is 4.90 Å². The summed E-state index contributed by atoms with van der Waals surface area (Å²) < 4.78 is 23.7. The van der Waals surface area contributed by atoms with E-state index in [9.17, 15) is 13.2 Å². The van der Waals surface area contributed by atoms with E-state index in [4.69, 9.17) is 0 Å². The van der Waals surface area contributed by atoms with E-state index in [2.05, 4.69) is 19.1 Å². The van der Waals surface area contributed by atoms with E-state index >= 15 is 0 Å². The lowest BCUT2D eigenvalue weighted by atomic mass is 9.96. The summed E-state index contributed by atoms with van der Waals surface area (Å²) >= 11 is 1.60. The van der Waals surface area contributed by atoms with Crippen molar-refractivity contribution >= 4 is 27.5 Å². The van der Waals surface area contributed by atoms with Crippen molar-refractivity contribution in [2.45, 2.75) is 31.1 Å². The summed E-state index contributed by atoms with van der Waals surface area (Å²) in [6.45, 7) is 2.63. The Morgan fingerprint density at radius 2 is 2.05 bits per heavy atom. The molecule has 1 aromatic carbocycles. The first-order valence-corrected chi connectivity index (χ1v) is 10.6. The number of carbonyl (C=O) groups is 1. The number of rotatable bonds is 5. The lowest BCUT2D eigenvalue weighted by molar-refractivity contribution is -0.131. The Morgan fingerprint density at radius 1 is 1.36 bits per heavy atom. The lowest BCUT2D eigenvalue weighted by Gasteiger charge is -2.34. The van der Waals surface area contributed by atoms with E-state index in [1.54, 1.807) is 16.7 Å².